The lowest BCUT2D eigenvalue weighted by Gasteiger charge is -2.18. The molecule has 0 unspecified atom stereocenters. The maximum atomic E-state index is 12.8. The topological polar surface area (TPSA) is 66.5 Å². The molecule has 1 saturated heterocycles. The molecule has 0 bridgehead atoms. The maximum absolute atomic E-state index is 12.8. The van der Waals surface area contributed by atoms with Gasteiger partial charge in [-0.1, -0.05) is 17.7 Å². The minimum Gasteiger partial charge on any atom is -0.322 e. The number of anilines is 1. The number of carbonyl (C=O) groups is 1. The summed E-state index contributed by atoms with van der Waals surface area (Å²) < 4.78 is 27.9. The molecule has 2 aromatic rings. The Morgan fingerprint density at radius 3 is 2.50 bits per heavy atom. The molecule has 1 aliphatic heterocycles. The maximum Gasteiger partial charge on any atom is 0.255 e. The van der Waals surface area contributed by atoms with E-state index in [2.05, 4.69) is 21.2 Å². The monoisotopic (exact) mass is 456 g/mol. The number of nitrogens with zero attached hydrogens (tertiary/aromatic N) is 1. The zero-order valence-corrected chi connectivity index (χ0v) is 17.3. The number of rotatable bonds is 4. The van der Waals surface area contributed by atoms with Crippen molar-refractivity contribution in [2.75, 3.05) is 18.4 Å². The van der Waals surface area contributed by atoms with E-state index in [-0.39, 0.29) is 16.4 Å². The van der Waals surface area contributed by atoms with Gasteiger partial charge in [-0.15, -0.1) is 0 Å². The van der Waals surface area contributed by atoms with Crippen LogP contribution in [0.4, 0.5) is 5.69 Å². The van der Waals surface area contributed by atoms with Gasteiger partial charge in [0.25, 0.3) is 5.91 Å². The van der Waals surface area contributed by atoms with Gasteiger partial charge in [-0.3, -0.25) is 4.79 Å². The van der Waals surface area contributed by atoms with Crippen molar-refractivity contribution in [2.45, 2.75) is 24.7 Å². The Labute approximate surface area is 166 Å². The second-order valence-corrected chi connectivity index (χ2v) is 9.34. The van der Waals surface area contributed by atoms with Crippen LogP contribution < -0.4 is 5.32 Å². The van der Waals surface area contributed by atoms with Crippen LogP contribution in [0.2, 0.25) is 5.02 Å². The van der Waals surface area contributed by atoms with Crippen molar-refractivity contribution in [3.63, 3.8) is 0 Å². The van der Waals surface area contributed by atoms with Crippen molar-refractivity contribution in [2.24, 2.45) is 0 Å². The fourth-order valence-electron chi connectivity index (χ4n) is 2.86. The second kappa shape index (κ2) is 7.68. The van der Waals surface area contributed by atoms with Crippen molar-refractivity contribution in [1.82, 2.24) is 4.31 Å². The number of hydrogen-bond acceptors (Lipinski definition) is 3. The minimum absolute atomic E-state index is 0.181. The van der Waals surface area contributed by atoms with Gasteiger partial charge in [-0.25, -0.2) is 8.42 Å². The SMILES string of the molecule is Cc1ccc(C(=O)Nc2ccc(Br)c(Cl)c2)cc1S(=O)(=O)N1CCCC1. The highest BCUT2D eigenvalue weighted by Gasteiger charge is 2.29. The quantitative estimate of drug-likeness (QED) is 0.738. The Morgan fingerprint density at radius 1 is 1.15 bits per heavy atom. The summed E-state index contributed by atoms with van der Waals surface area (Å²) in [5.74, 6) is -0.388. The minimum atomic E-state index is -3.58. The first-order valence-corrected chi connectivity index (χ1v) is 10.8. The molecule has 1 heterocycles. The Morgan fingerprint density at radius 2 is 1.85 bits per heavy atom. The van der Waals surface area contributed by atoms with E-state index in [0.29, 0.717) is 29.4 Å². The lowest BCUT2D eigenvalue weighted by molar-refractivity contribution is 0.102. The van der Waals surface area contributed by atoms with Crippen LogP contribution in [-0.4, -0.2) is 31.7 Å². The molecule has 0 spiro atoms. The molecular formula is C18H18BrClN2O3S. The molecule has 8 heteroatoms. The molecule has 3 rings (SSSR count). The van der Waals surface area contributed by atoms with Gasteiger partial charge in [0.15, 0.2) is 0 Å². The van der Waals surface area contributed by atoms with Gasteiger partial charge in [0.2, 0.25) is 10.0 Å². The highest BCUT2D eigenvalue weighted by atomic mass is 79.9. The molecule has 1 N–H and O–H groups in total. The predicted octanol–water partition coefficient (Wildman–Crippen LogP) is 4.45. The molecule has 26 heavy (non-hydrogen) atoms. The van der Waals surface area contributed by atoms with E-state index in [0.717, 1.165) is 17.3 Å². The Bertz CT molecular complexity index is 957. The van der Waals surface area contributed by atoms with Gasteiger partial charge in [-0.2, -0.15) is 4.31 Å². The van der Waals surface area contributed by atoms with Crippen LogP contribution in [0.25, 0.3) is 0 Å². The zero-order chi connectivity index (χ0) is 18.9. The number of benzene rings is 2. The first kappa shape index (κ1) is 19.4. The van der Waals surface area contributed by atoms with E-state index >= 15 is 0 Å². The molecule has 0 radical (unpaired) electrons. The Balaban J connectivity index is 1.89. The van der Waals surface area contributed by atoms with Crippen molar-refractivity contribution < 1.29 is 13.2 Å². The molecule has 0 atom stereocenters. The molecule has 1 aliphatic rings. The van der Waals surface area contributed by atoms with Gasteiger partial charge in [0.05, 0.1) is 9.92 Å². The van der Waals surface area contributed by atoms with E-state index < -0.39 is 10.0 Å². The summed E-state index contributed by atoms with van der Waals surface area (Å²) in [6.07, 6.45) is 1.73. The van der Waals surface area contributed by atoms with E-state index in [9.17, 15) is 13.2 Å². The van der Waals surface area contributed by atoms with E-state index in [1.54, 1.807) is 37.3 Å². The highest BCUT2D eigenvalue weighted by Crippen LogP contribution is 2.27. The standard InChI is InChI=1S/C18H18BrClN2O3S/c1-12-4-5-13(10-17(12)26(24,25)22-8-2-3-9-22)18(23)21-14-6-7-15(19)16(20)11-14/h4-7,10-11H,2-3,8-9H2,1H3,(H,21,23). The van der Waals surface area contributed by atoms with Gasteiger partial charge < -0.3 is 5.32 Å². The zero-order valence-electron chi connectivity index (χ0n) is 14.1. The number of aryl methyl sites for hydroxylation is 1. The summed E-state index contributed by atoms with van der Waals surface area (Å²) in [7, 11) is -3.58. The molecular weight excluding hydrogens is 440 g/mol. The largest absolute Gasteiger partial charge is 0.322 e. The highest BCUT2D eigenvalue weighted by molar-refractivity contribution is 9.10. The summed E-state index contributed by atoms with van der Waals surface area (Å²) in [6.45, 7) is 2.78. The number of carbonyl (C=O) groups excluding carboxylic acids is 1. The number of sulfonamides is 1. The first-order chi connectivity index (χ1) is 12.3. The van der Waals surface area contributed by atoms with Crippen LogP contribution in [0.5, 0.6) is 0 Å². The molecule has 2 aromatic carbocycles. The van der Waals surface area contributed by atoms with Gasteiger partial charge in [0, 0.05) is 28.8 Å². The fourth-order valence-corrected chi connectivity index (χ4v) is 5.06. The van der Waals surface area contributed by atoms with Gasteiger partial charge >= 0.3 is 0 Å². The predicted molar refractivity (Wildman–Crippen MR) is 106 cm³/mol. The normalized spacial score (nSPS) is 15.2. The van der Waals surface area contributed by atoms with E-state index in [1.807, 2.05) is 0 Å². The second-order valence-electron chi connectivity index (χ2n) is 6.17. The summed E-state index contributed by atoms with van der Waals surface area (Å²) in [6, 6.07) is 9.79. The summed E-state index contributed by atoms with van der Waals surface area (Å²) in [4.78, 5) is 12.7. The van der Waals surface area contributed by atoms with Crippen molar-refractivity contribution in [3.8, 4) is 0 Å². The number of nitrogens with one attached hydrogen (secondary N) is 1. The Hall–Kier alpha value is -1.41. The lowest BCUT2D eigenvalue weighted by atomic mass is 10.1. The molecule has 1 fully saturated rings. The molecule has 0 aromatic heterocycles. The third-order valence-electron chi connectivity index (χ3n) is 4.31. The number of hydrogen-bond donors (Lipinski definition) is 1. The third-order valence-corrected chi connectivity index (χ3v) is 7.58. The summed E-state index contributed by atoms with van der Waals surface area (Å²) in [5, 5.41) is 3.22. The third kappa shape index (κ3) is 3.96. The lowest BCUT2D eigenvalue weighted by Crippen LogP contribution is -2.28. The van der Waals surface area contributed by atoms with Crippen molar-refractivity contribution in [3.05, 3.63) is 57.0 Å². The fraction of sp³-hybridized carbons (Fsp3) is 0.278. The molecule has 0 saturated carbocycles. The average Bonchev–Trinajstić information content (AvgIpc) is 3.14. The van der Waals surface area contributed by atoms with Crippen LogP contribution in [0.3, 0.4) is 0 Å². The van der Waals surface area contributed by atoms with Gasteiger partial charge in [0.1, 0.15) is 0 Å². The molecule has 1 amide bonds. The van der Waals surface area contributed by atoms with Gasteiger partial charge in [-0.05, 0) is 71.6 Å². The van der Waals surface area contributed by atoms with Crippen molar-refractivity contribution >= 4 is 49.1 Å². The van der Waals surface area contributed by atoms with Crippen LogP contribution in [0, 0.1) is 6.92 Å². The van der Waals surface area contributed by atoms with E-state index in [4.69, 9.17) is 11.6 Å². The number of amides is 1. The molecule has 0 aliphatic carbocycles. The van der Waals surface area contributed by atoms with Crippen LogP contribution in [0.15, 0.2) is 45.8 Å². The summed E-state index contributed by atoms with van der Waals surface area (Å²) in [5.41, 5.74) is 1.44. The average molecular weight is 458 g/mol. The number of halogens is 2. The Kier molecular flexibility index (Phi) is 5.72. The van der Waals surface area contributed by atoms with Crippen molar-refractivity contribution in [1.29, 1.82) is 0 Å². The molecule has 138 valence electrons. The first-order valence-electron chi connectivity index (χ1n) is 8.16. The van der Waals surface area contributed by atoms with Crippen LogP contribution in [0.1, 0.15) is 28.8 Å². The van der Waals surface area contributed by atoms with Crippen LogP contribution in [-0.2, 0) is 10.0 Å². The smallest absolute Gasteiger partial charge is 0.255 e. The van der Waals surface area contributed by atoms with E-state index in [1.165, 1.54) is 10.4 Å². The summed E-state index contributed by atoms with van der Waals surface area (Å²) >= 11 is 9.33. The molecule has 5 nitrogen and oxygen atoms in total. The van der Waals surface area contributed by atoms with Crippen LogP contribution >= 0.6 is 27.5 Å².